The number of amides is 1. The van der Waals surface area contributed by atoms with Crippen LogP contribution >= 0.6 is 0 Å². The zero-order valence-electron chi connectivity index (χ0n) is 16.0. The second-order valence-corrected chi connectivity index (χ2v) is 6.68. The van der Waals surface area contributed by atoms with Crippen molar-refractivity contribution in [2.45, 2.75) is 46.6 Å². The van der Waals surface area contributed by atoms with E-state index in [1.165, 1.54) is 0 Å². The summed E-state index contributed by atoms with van der Waals surface area (Å²) < 4.78 is 15.9. The van der Waals surface area contributed by atoms with Crippen molar-refractivity contribution < 1.29 is 19.0 Å². The van der Waals surface area contributed by atoms with Crippen molar-refractivity contribution in [2.24, 2.45) is 5.92 Å². The molecule has 0 atom stereocenters. The van der Waals surface area contributed by atoms with Crippen molar-refractivity contribution in [3.8, 4) is 11.5 Å². The molecule has 0 bridgehead atoms. The predicted molar refractivity (Wildman–Crippen MR) is 95.9 cm³/mol. The molecular weight excluding hydrogens is 306 g/mol. The van der Waals surface area contributed by atoms with Gasteiger partial charge < -0.3 is 19.1 Å². The summed E-state index contributed by atoms with van der Waals surface area (Å²) in [5, 5.41) is 0. The molecule has 1 aliphatic rings. The molecule has 0 aliphatic carbocycles. The molecule has 0 unspecified atom stereocenters. The molecular formula is C19H31NO4. The number of carbonyl (C=O) groups is 1. The maximum Gasteiger partial charge on any atom is 0.410 e. The maximum absolute atomic E-state index is 11.9. The number of nitrogens with zero attached hydrogens (tertiary/aromatic N) is 1. The van der Waals surface area contributed by atoms with Crippen molar-refractivity contribution in [1.82, 2.24) is 4.90 Å². The van der Waals surface area contributed by atoms with Crippen LogP contribution in [0.3, 0.4) is 0 Å². The molecule has 1 aromatic rings. The van der Waals surface area contributed by atoms with Crippen LogP contribution in [-0.4, -0.2) is 43.9 Å². The van der Waals surface area contributed by atoms with Gasteiger partial charge in [0.1, 0.15) is 17.1 Å². The van der Waals surface area contributed by atoms with Gasteiger partial charge in [0.25, 0.3) is 0 Å². The van der Waals surface area contributed by atoms with Crippen LogP contribution in [0.1, 0.15) is 40.2 Å². The third-order valence-corrected chi connectivity index (χ3v) is 3.54. The highest BCUT2D eigenvalue weighted by molar-refractivity contribution is 5.69. The summed E-state index contributed by atoms with van der Waals surface area (Å²) in [6.07, 6.45) is 0.666. The van der Waals surface area contributed by atoms with Crippen LogP contribution in [0.2, 0.25) is 0 Å². The SMILES string of the molecule is CC.COc1cc(CC2CN(C(=O)OC(C)(C)C)C2)cc(OC)c1. The number of hydrogen-bond donors (Lipinski definition) is 0. The summed E-state index contributed by atoms with van der Waals surface area (Å²) in [5.41, 5.74) is 0.715. The summed E-state index contributed by atoms with van der Waals surface area (Å²) in [6, 6.07) is 5.88. The van der Waals surface area contributed by atoms with E-state index in [9.17, 15) is 4.79 Å². The molecule has 0 radical (unpaired) electrons. The first-order valence-corrected chi connectivity index (χ1v) is 8.50. The maximum atomic E-state index is 11.9. The second kappa shape index (κ2) is 8.81. The van der Waals surface area contributed by atoms with Crippen LogP contribution in [0.15, 0.2) is 18.2 Å². The van der Waals surface area contributed by atoms with E-state index >= 15 is 0 Å². The van der Waals surface area contributed by atoms with Crippen LogP contribution in [0.5, 0.6) is 11.5 Å². The Labute approximate surface area is 145 Å². The molecule has 5 heteroatoms. The first kappa shape index (κ1) is 20.1. The zero-order chi connectivity index (χ0) is 18.3. The van der Waals surface area contributed by atoms with Gasteiger partial charge in [-0.1, -0.05) is 13.8 Å². The van der Waals surface area contributed by atoms with Gasteiger partial charge >= 0.3 is 6.09 Å². The van der Waals surface area contributed by atoms with E-state index in [1.807, 2.05) is 52.8 Å². The van der Waals surface area contributed by atoms with Crippen LogP contribution in [0, 0.1) is 5.92 Å². The monoisotopic (exact) mass is 337 g/mol. The second-order valence-electron chi connectivity index (χ2n) is 6.68. The normalized spacial score (nSPS) is 14.2. The molecule has 1 aliphatic heterocycles. The zero-order valence-corrected chi connectivity index (χ0v) is 16.0. The molecule has 2 rings (SSSR count). The van der Waals surface area contributed by atoms with E-state index in [0.717, 1.165) is 36.6 Å². The van der Waals surface area contributed by atoms with Gasteiger partial charge in [0.05, 0.1) is 14.2 Å². The summed E-state index contributed by atoms with van der Waals surface area (Å²) in [5.74, 6) is 2.03. The van der Waals surface area contributed by atoms with E-state index in [0.29, 0.717) is 5.92 Å². The van der Waals surface area contributed by atoms with Gasteiger partial charge in [0.15, 0.2) is 0 Å². The largest absolute Gasteiger partial charge is 0.497 e. The van der Waals surface area contributed by atoms with E-state index in [2.05, 4.69) is 0 Å². The number of hydrogen-bond acceptors (Lipinski definition) is 4. The number of likely N-dealkylation sites (tertiary alicyclic amines) is 1. The molecule has 1 saturated heterocycles. The quantitative estimate of drug-likeness (QED) is 0.828. The van der Waals surface area contributed by atoms with Gasteiger partial charge in [-0.3, -0.25) is 0 Å². The fraction of sp³-hybridized carbons (Fsp3) is 0.632. The highest BCUT2D eigenvalue weighted by Gasteiger charge is 2.33. The van der Waals surface area contributed by atoms with Crippen molar-refractivity contribution in [1.29, 1.82) is 0 Å². The van der Waals surface area contributed by atoms with Gasteiger partial charge in [0.2, 0.25) is 0 Å². The van der Waals surface area contributed by atoms with Gasteiger partial charge in [-0.15, -0.1) is 0 Å². The molecule has 1 amide bonds. The van der Waals surface area contributed by atoms with Crippen LogP contribution in [0.25, 0.3) is 0 Å². The van der Waals surface area contributed by atoms with Crippen molar-refractivity contribution in [2.75, 3.05) is 27.3 Å². The lowest BCUT2D eigenvalue weighted by Gasteiger charge is -2.40. The molecule has 0 N–H and O–H groups in total. The minimum atomic E-state index is -0.442. The third kappa shape index (κ3) is 5.95. The highest BCUT2D eigenvalue weighted by Crippen LogP contribution is 2.27. The number of rotatable bonds is 4. The number of ether oxygens (including phenoxy) is 3. The van der Waals surface area contributed by atoms with Crippen LogP contribution in [-0.2, 0) is 11.2 Å². The molecule has 136 valence electrons. The Balaban J connectivity index is 0.00000139. The minimum Gasteiger partial charge on any atom is -0.497 e. The summed E-state index contributed by atoms with van der Waals surface area (Å²) in [6.45, 7) is 11.1. The molecule has 0 saturated carbocycles. The molecule has 0 aromatic heterocycles. The minimum absolute atomic E-state index is 0.230. The lowest BCUT2D eigenvalue weighted by Crippen LogP contribution is -2.52. The standard InChI is InChI=1S/C17H25NO4.C2H6/c1-17(2,3)22-16(19)18-10-13(11-18)6-12-7-14(20-4)9-15(8-12)21-5;1-2/h7-9,13H,6,10-11H2,1-5H3;1-2H3. The summed E-state index contributed by atoms with van der Waals surface area (Å²) >= 11 is 0. The average Bonchev–Trinajstić information content (AvgIpc) is 2.50. The Bertz CT molecular complexity index is 508. The molecule has 5 nitrogen and oxygen atoms in total. The van der Waals surface area contributed by atoms with Gasteiger partial charge in [-0.05, 0) is 50.8 Å². The molecule has 0 spiro atoms. The van der Waals surface area contributed by atoms with Gasteiger partial charge in [0, 0.05) is 19.2 Å². The topological polar surface area (TPSA) is 48.0 Å². The van der Waals surface area contributed by atoms with E-state index in [-0.39, 0.29) is 6.09 Å². The average molecular weight is 337 g/mol. The molecule has 1 heterocycles. The van der Waals surface area contributed by atoms with E-state index in [1.54, 1.807) is 19.1 Å². The number of methoxy groups -OCH3 is 2. The number of benzene rings is 1. The van der Waals surface area contributed by atoms with Crippen LogP contribution < -0.4 is 9.47 Å². The summed E-state index contributed by atoms with van der Waals surface area (Å²) in [4.78, 5) is 13.6. The smallest absolute Gasteiger partial charge is 0.410 e. The first-order chi connectivity index (χ1) is 11.3. The Hall–Kier alpha value is -1.91. The van der Waals surface area contributed by atoms with E-state index < -0.39 is 5.60 Å². The Morgan fingerprint density at radius 2 is 1.58 bits per heavy atom. The molecule has 1 aromatic carbocycles. The highest BCUT2D eigenvalue weighted by atomic mass is 16.6. The predicted octanol–water partition coefficient (Wildman–Crippen LogP) is 4.14. The first-order valence-electron chi connectivity index (χ1n) is 8.50. The molecule has 24 heavy (non-hydrogen) atoms. The van der Waals surface area contributed by atoms with Gasteiger partial charge in [-0.25, -0.2) is 4.79 Å². The fourth-order valence-electron chi connectivity index (χ4n) is 2.49. The number of carbonyl (C=O) groups excluding carboxylic acids is 1. The molecule has 1 fully saturated rings. The van der Waals surface area contributed by atoms with E-state index in [4.69, 9.17) is 14.2 Å². The van der Waals surface area contributed by atoms with Crippen molar-refractivity contribution in [3.05, 3.63) is 23.8 Å². The Morgan fingerprint density at radius 3 is 2.00 bits per heavy atom. The lowest BCUT2D eigenvalue weighted by molar-refractivity contribution is -0.000894. The summed E-state index contributed by atoms with van der Waals surface area (Å²) in [7, 11) is 3.29. The Kier molecular flexibility index (Phi) is 7.39. The lowest BCUT2D eigenvalue weighted by atomic mass is 9.92. The third-order valence-electron chi connectivity index (χ3n) is 3.54. The van der Waals surface area contributed by atoms with Crippen molar-refractivity contribution in [3.63, 3.8) is 0 Å². The van der Waals surface area contributed by atoms with Crippen molar-refractivity contribution >= 4 is 6.09 Å². The van der Waals surface area contributed by atoms with Gasteiger partial charge in [-0.2, -0.15) is 0 Å². The fourth-order valence-corrected chi connectivity index (χ4v) is 2.49. The Morgan fingerprint density at radius 1 is 1.08 bits per heavy atom. The van der Waals surface area contributed by atoms with Crippen LogP contribution in [0.4, 0.5) is 4.79 Å².